The van der Waals surface area contributed by atoms with E-state index < -0.39 is 0 Å². The molecule has 2 aromatic heterocycles. The third-order valence-corrected chi connectivity index (χ3v) is 4.41. The standard InChI is InChI=1S/C18H27N5O.C2H6/c1-5-12(3)7-15(6-2)22-18(24)16-8-13(9-20-17(16)19)14-10-21-23(4)11-14;1-2/h8-12,15H,5-7H2,1-4H3,(H2,19,20)(H,22,24);1-2H3. The van der Waals surface area contributed by atoms with E-state index in [0.717, 1.165) is 30.4 Å². The van der Waals surface area contributed by atoms with Gasteiger partial charge in [-0.25, -0.2) is 4.98 Å². The Morgan fingerprint density at radius 3 is 2.46 bits per heavy atom. The molecule has 2 atom stereocenters. The lowest BCUT2D eigenvalue weighted by Gasteiger charge is -2.20. The Bertz CT molecular complexity index is 695. The van der Waals surface area contributed by atoms with E-state index >= 15 is 0 Å². The Balaban J connectivity index is 0.00000163. The minimum Gasteiger partial charge on any atom is -0.383 e. The van der Waals surface area contributed by atoms with Crippen molar-refractivity contribution in [2.45, 2.75) is 59.9 Å². The lowest BCUT2D eigenvalue weighted by Crippen LogP contribution is -2.36. The topological polar surface area (TPSA) is 85.8 Å². The molecule has 144 valence electrons. The van der Waals surface area contributed by atoms with Crippen molar-refractivity contribution in [3.05, 3.63) is 30.2 Å². The second-order valence-corrected chi connectivity index (χ2v) is 6.39. The number of pyridine rings is 1. The van der Waals surface area contributed by atoms with Gasteiger partial charge < -0.3 is 11.1 Å². The Kier molecular flexibility index (Phi) is 8.82. The van der Waals surface area contributed by atoms with Gasteiger partial charge in [0.15, 0.2) is 0 Å². The molecule has 0 aliphatic heterocycles. The molecule has 0 saturated heterocycles. The second-order valence-electron chi connectivity index (χ2n) is 6.39. The fourth-order valence-corrected chi connectivity index (χ4v) is 2.63. The lowest BCUT2D eigenvalue weighted by atomic mass is 9.97. The normalized spacial score (nSPS) is 12.7. The van der Waals surface area contributed by atoms with Crippen LogP contribution in [0.15, 0.2) is 24.7 Å². The molecule has 26 heavy (non-hydrogen) atoms. The van der Waals surface area contributed by atoms with Crippen LogP contribution in [0.25, 0.3) is 11.1 Å². The molecule has 2 aromatic rings. The van der Waals surface area contributed by atoms with Gasteiger partial charge >= 0.3 is 0 Å². The zero-order valence-corrected chi connectivity index (χ0v) is 16.9. The maximum absolute atomic E-state index is 12.6. The smallest absolute Gasteiger partial charge is 0.255 e. The van der Waals surface area contributed by atoms with Gasteiger partial charge in [-0.1, -0.05) is 41.0 Å². The molecule has 0 aliphatic carbocycles. The first-order valence-corrected chi connectivity index (χ1v) is 9.49. The van der Waals surface area contributed by atoms with Gasteiger partial charge in [-0.3, -0.25) is 9.48 Å². The van der Waals surface area contributed by atoms with Gasteiger partial charge in [0, 0.05) is 36.6 Å². The van der Waals surface area contributed by atoms with Gasteiger partial charge in [-0.15, -0.1) is 0 Å². The minimum absolute atomic E-state index is 0.147. The number of carbonyl (C=O) groups excluding carboxylic acids is 1. The van der Waals surface area contributed by atoms with Crippen LogP contribution in [0.3, 0.4) is 0 Å². The number of hydrogen-bond acceptors (Lipinski definition) is 4. The van der Waals surface area contributed by atoms with Crippen molar-refractivity contribution in [1.29, 1.82) is 0 Å². The highest BCUT2D eigenvalue weighted by Gasteiger charge is 2.18. The van der Waals surface area contributed by atoms with Crippen LogP contribution in [0.2, 0.25) is 0 Å². The fraction of sp³-hybridized carbons (Fsp3) is 0.550. The summed E-state index contributed by atoms with van der Waals surface area (Å²) in [7, 11) is 1.85. The molecule has 6 nitrogen and oxygen atoms in total. The van der Waals surface area contributed by atoms with Crippen molar-refractivity contribution in [2.24, 2.45) is 13.0 Å². The summed E-state index contributed by atoms with van der Waals surface area (Å²) in [6.45, 7) is 10.5. The number of nitrogen functional groups attached to an aromatic ring is 1. The van der Waals surface area contributed by atoms with E-state index in [2.05, 4.69) is 36.2 Å². The molecule has 0 fully saturated rings. The maximum Gasteiger partial charge on any atom is 0.255 e. The minimum atomic E-state index is -0.166. The number of nitrogens with one attached hydrogen (secondary N) is 1. The Hall–Kier alpha value is -2.37. The van der Waals surface area contributed by atoms with Crippen molar-refractivity contribution >= 4 is 11.7 Å². The van der Waals surface area contributed by atoms with Gasteiger partial charge in [0.1, 0.15) is 5.82 Å². The summed E-state index contributed by atoms with van der Waals surface area (Å²) >= 11 is 0. The largest absolute Gasteiger partial charge is 0.383 e. The van der Waals surface area contributed by atoms with Crippen molar-refractivity contribution in [3.8, 4) is 11.1 Å². The van der Waals surface area contributed by atoms with E-state index in [0.29, 0.717) is 11.5 Å². The van der Waals surface area contributed by atoms with Crippen LogP contribution < -0.4 is 11.1 Å². The third-order valence-electron chi connectivity index (χ3n) is 4.41. The van der Waals surface area contributed by atoms with Crippen LogP contribution in [0, 0.1) is 5.92 Å². The number of aromatic nitrogens is 3. The summed E-state index contributed by atoms with van der Waals surface area (Å²) < 4.78 is 1.71. The molecule has 0 radical (unpaired) electrons. The predicted octanol–water partition coefficient (Wildman–Crippen LogP) is 4.04. The molecule has 2 unspecified atom stereocenters. The second kappa shape index (κ2) is 10.6. The highest BCUT2D eigenvalue weighted by Crippen LogP contribution is 2.22. The van der Waals surface area contributed by atoms with Gasteiger partial charge in [-0.05, 0) is 24.8 Å². The van der Waals surface area contributed by atoms with Gasteiger partial charge in [0.05, 0.1) is 11.8 Å². The van der Waals surface area contributed by atoms with E-state index in [1.807, 2.05) is 27.1 Å². The number of rotatable bonds is 7. The van der Waals surface area contributed by atoms with Crippen LogP contribution in [0.4, 0.5) is 5.82 Å². The van der Waals surface area contributed by atoms with Crippen LogP contribution in [0.5, 0.6) is 0 Å². The molecule has 6 heteroatoms. The third kappa shape index (κ3) is 5.86. The van der Waals surface area contributed by atoms with E-state index in [9.17, 15) is 4.79 Å². The number of anilines is 1. The molecular weight excluding hydrogens is 326 g/mol. The molecule has 0 aliphatic rings. The van der Waals surface area contributed by atoms with Gasteiger partial charge in [-0.2, -0.15) is 5.10 Å². The van der Waals surface area contributed by atoms with Crippen LogP contribution in [-0.4, -0.2) is 26.7 Å². The molecule has 1 amide bonds. The summed E-state index contributed by atoms with van der Waals surface area (Å²) in [5.74, 6) is 0.659. The average Bonchev–Trinajstić information content (AvgIpc) is 3.09. The van der Waals surface area contributed by atoms with E-state index in [-0.39, 0.29) is 17.8 Å². The van der Waals surface area contributed by atoms with Crippen LogP contribution in [0.1, 0.15) is 64.2 Å². The summed E-state index contributed by atoms with van der Waals surface area (Å²) in [5.41, 5.74) is 8.08. The molecule has 2 heterocycles. The highest BCUT2D eigenvalue weighted by molar-refractivity contribution is 5.99. The summed E-state index contributed by atoms with van der Waals surface area (Å²) in [5, 5.41) is 7.24. The monoisotopic (exact) mass is 359 g/mol. The number of aryl methyl sites for hydroxylation is 1. The predicted molar refractivity (Wildman–Crippen MR) is 108 cm³/mol. The molecular formula is C20H33N5O. The lowest BCUT2D eigenvalue weighted by molar-refractivity contribution is 0.0931. The Labute approximate surface area is 157 Å². The highest BCUT2D eigenvalue weighted by atomic mass is 16.1. The number of hydrogen-bond donors (Lipinski definition) is 2. The number of nitrogens with zero attached hydrogens (tertiary/aromatic N) is 3. The molecule has 0 spiro atoms. The van der Waals surface area contributed by atoms with Crippen molar-refractivity contribution < 1.29 is 4.79 Å². The molecule has 0 aromatic carbocycles. The van der Waals surface area contributed by atoms with E-state index in [4.69, 9.17) is 5.73 Å². The van der Waals surface area contributed by atoms with Crippen molar-refractivity contribution in [3.63, 3.8) is 0 Å². The maximum atomic E-state index is 12.6. The van der Waals surface area contributed by atoms with Gasteiger partial charge in [0.2, 0.25) is 0 Å². The summed E-state index contributed by atoms with van der Waals surface area (Å²) in [4.78, 5) is 16.8. The zero-order chi connectivity index (χ0) is 19.7. The van der Waals surface area contributed by atoms with Crippen molar-refractivity contribution in [1.82, 2.24) is 20.1 Å². The number of nitrogens with two attached hydrogens (primary N) is 1. The first kappa shape index (κ1) is 21.7. The zero-order valence-electron chi connectivity index (χ0n) is 16.9. The van der Waals surface area contributed by atoms with E-state index in [1.165, 1.54) is 0 Å². The Morgan fingerprint density at radius 1 is 1.23 bits per heavy atom. The summed E-state index contributed by atoms with van der Waals surface area (Å²) in [6.07, 6.45) is 8.26. The van der Waals surface area contributed by atoms with Gasteiger partial charge in [0.25, 0.3) is 5.91 Å². The van der Waals surface area contributed by atoms with E-state index in [1.54, 1.807) is 23.1 Å². The SMILES string of the molecule is CC.CCC(C)CC(CC)NC(=O)c1cc(-c2cnn(C)c2)cnc1N. The van der Waals surface area contributed by atoms with Crippen molar-refractivity contribution in [2.75, 3.05) is 5.73 Å². The fourth-order valence-electron chi connectivity index (χ4n) is 2.63. The first-order chi connectivity index (χ1) is 12.4. The first-order valence-electron chi connectivity index (χ1n) is 9.49. The quantitative estimate of drug-likeness (QED) is 0.781. The molecule has 0 saturated carbocycles. The Morgan fingerprint density at radius 2 is 1.92 bits per heavy atom. The molecule has 3 N–H and O–H groups in total. The summed E-state index contributed by atoms with van der Waals surface area (Å²) in [6, 6.07) is 1.93. The number of amides is 1. The van der Waals surface area contributed by atoms with Crippen LogP contribution in [-0.2, 0) is 7.05 Å². The molecule has 2 rings (SSSR count). The molecule has 0 bridgehead atoms. The number of carbonyl (C=O) groups is 1. The van der Waals surface area contributed by atoms with Crippen LogP contribution >= 0.6 is 0 Å². The average molecular weight is 360 g/mol.